The molecule has 0 aliphatic heterocycles. The molecule has 1 nitrogen and oxygen atoms in total. The lowest BCUT2D eigenvalue weighted by molar-refractivity contribution is 0.229. The van der Waals surface area contributed by atoms with Crippen molar-refractivity contribution in [2.24, 2.45) is 29.1 Å². The predicted molar refractivity (Wildman–Crippen MR) is 31.6 cm³/mol. The fraction of sp³-hybridized carbons (Fsp3) is 1.00. The number of hydrogen-bond donors (Lipinski definition) is 1. The maximum Gasteiger partial charge on any atom is 0.0609 e. The van der Waals surface area contributed by atoms with Crippen LogP contribution >= 0.6 is 0 Å². The first-order valence-corrected chi connectivity index (χ1v) is 4.03. The molecule has 4 rings (SSSR count). The fourth-order valence-corrected chi connectivity index (χ4v) is 3.75. The molecule has 4 aliphatic rings. The Labute approximate surface area is 54.1 Å². The zero-order valence-corrected chi connectivity index (χ0v) is 5.25. The molecule has 0 amide bonds. The second-order valence-corrected chi connectivity index (χ2v) is 4.50. The Morgan fingerprint density at radius 2 is 1.67 bits per heavy atom. The first kappa shape index (κ1) is 3.97. The average molecular weight is 122 g/mol. The summed E-state index contributed by atoms with van der Waals surface area (Å²) >= 11 is 0. The number of aliphatic hydroxyl groups excluding tert-OH is 1. The van der Waals surface area contributed by atoms with E-state index in [1.54, 1.807) is 0 Å². The minimum atomic E-state index is 0.151. The second-order valence-electron chi connectivity index (χ2n) is 4.50. The van der Waals surface area contributed by atoms with Crippen LogP contribution < -0.4 is 0 Å². The van der Waals surface area contributed by atoms with E-state index in [4.69, 9.17) is 0 Å². The van der Waals surface area contributed by atoms with Crippen molar-refractivity contribution in [3.8, 4) is 0 Å². The third kappa shape index (κ3) is 0.219. The molecule has 4 atom stereocenters. The van der Waals surface area contributed by atoms with Crippen molar-refractivity contribution in [2.75, 3.05) is 0 Å². The fourth-order valence-electron chi connectivity index (χ4n) is 3.75. The summed E-state index contributed by atoms with van der Waals surface area (Å²) in [4.78, 5) is 0. The van der Waals surface area contributed by atoms with Gasteiger partial charge in [0, 0.05) is 0 Å². The van der Waals surface area contributed by atoms with Crippen LogP contribution in [0.25, 0.3) is 0 Å². The summed E-state index contributed by atoms with van der Waals surface area (Å²) in [5.41, 5.74) is 0.870. The number of hydrogen-bond acceptors (Lipinski definition) is 1. The van der Waals surface area contributed by atoms with Gasteiger partial charge in [0.15, 0.2) is 0 Å². The van der Waals surface area contributed by atoms with Crippen molar-refractivity contribution >= 4 is 0 Å². The first-order valence-electron chi connectivity index (χ1n) is 4.03. The lowest BCUT2D eigenvalue weighted by Crippen LogP contribution is -1.93. The standard InChI is InChI=1S/C8H10O/c9-7-5-3-1-8(3)2-4(8)6(5)7/h3-7,9H,1-2H2. The number of aliphatic hydroxyl groups is 1. The zero-order valence-electron chi connectivity index (χ0n) is 5.25. The summed E-state index contributed by atoms with van der Waals surface area (Å²) in [6.45, 7) is 0. The Morgan fingerprint density at radius 1 is 1.11 bits per heavy atom. The summed E-state index contributed by atoms with van der Waals surface area (Å²) in [5.74, 6) is 3.59. The van der Waals surface area contributed by atoms with Gasteiger partial charge in [-0.1, -0.05) is 0 Å². The van der Waals surface area contributed by atoms with Crippen LogP contribution in [0.2, 0.25) is 0 Å². The molecular formula is C8H10O. The van der Waals surface area contributed by atoms with Crippen LogP contribution in [-0.4, -0.2) is 11.2 Å². The maximum absolute atomic E-state index is 9.34. The van der Waals surface area contributed by atoms with Gasteiger partial charge in [0.05, 0.1) is 6.10 Å². The summed E-state index contributed by atoms with van der Waals surface area (Å²) in [6.07, 6.45) is 3.12. The van der Waals surface area contributed by atoms with E-state index in [1.165, 1.54) is 12.8 Å². The normalized spacial score (nSPS) is 87.0. The summed E-state index contributed by atoms with van der Waals surface area (Å²) < 4.78 is 0. The summed E-state index contributed by atoms with van der Waals surface area (Å²) in [7, 11) is 0. The van der Waals surface area contributed by atoms with Gasteiger partial charge in [0.25, 0.3) is 0 Å². The lowest BCUT2D eigenvalue weighted by atomic mass is 10.2. The molecule has 0 radical (unpaired) electrons. The first-order chi connectivity index (χ1) is 4.34. The molecule has 9 heavy (non-hydrogen) atoms. The van der Waals surface area contributed by atoms with Gasteiger partial charge in [0.1, 0.15) is 0 Å². The molecule has 1 heteroatoms. The Hall–Kier alpha value is -0.0400. The molecule has 4 saturated carbocycles. The predicted octanol–water partition coefficient (Wildman–Crippen LogP) is 0.633. The highest BCUT2D eigenvalue weighted by Gasteiger charge is 2.88. The van der Waals surface area contributed by atoms with Gasteiger partial charge >= 0.3 is 0 Å². The molecule has 1 N–H and O–H groups in total. The Kier molecular flexibility index (Phi) is 0.323. The third-order valence-electron chi connectivity index (χ3n) is 4.38. The quantitative estimate of drug-likeness (QED) is 0.499. The highest BCUT2D eigenvalue weighted by molar-refractivity contribution is 5.36. The molecule has 0 aromatic carbocycles. The minimum absolute atomic E-state index is 0.151. The minimum Gasteiger partial charge on any atom is -0.393 e. The molecule has 4 aliphatic carbocycles. The maximum atomic E-state index is 9.34. The van der Waals surface area contributed by atoms with Crippen LogP contribution in [0.5, 0.6) is 0 Å². The van der Waals surface area contributed by atoms with Crippen molar-refractivity contribution in [1.29, 1.82) is 0 Å². The van der Waals surface area contributed by atoms with Crippen molar-refractivity contribution in [3.63, 3.8) is 0 Å². The van der Waals surface area contributed by atoms with Gasteiger partial charge in [-0.05, 0) is 41.9 Å². The van der Waals surface area contributed by atoms with Crippen molar-refractivity contribution in [2.45, 2.75) is 18.9 Å². The molecule has 0 aromatic rings. The third-order valence-corrected chi connectivity index (χ3v) is 4.38. The van der Waals surface area contributed by atoms with Crippen LogP contribution in [0.15, 0.2) is 0 Å². The molecule has 0 saturated heterocycles. The Balaban J connectivity index is 1.89. The van der Waals surface area contributed by atoms with E-state index in [2.05, 4.69) is 0 Å². The van der Waals surface area contributed by atoms with Gasteiger partial charge < -0.3 is 5.11 Å². The van der Waals surface area contributed by atoms with E-state index < -0.39 is 0 Å². The van der Waals surface area contributed by atoms with Crippen LogP contribution in [-0.2, 0) is 0 Å². The van der Waals surface area contributed by atoms with Crippen molar-refractivity contribution in [3.05, 3.63) is 0 Å². The molecule has 0 heterocycles. The highest BCUT2D eigenvalue weighted by Crippen LogP contribution is 2.91. The number of fused-ring (bicyclic) bond motifs is 3. The van der Waals surface area contributed by atoms with Gasteiger partial charge in [-0.2, -0.15) is 0 Å². The van der Waals surface area contributed by atoms with E-state index in [1.807, 2.05) is 0 Å². The van der Waals surface area contributed by atoms with Crippen molar-refractivity contribution in [1.82, 2.24) is 0 Å². The van der Waals surface area contributed by atoms with Crippen LogP contribution in [0.1, 0.15) is 12.8 Å². The molecule has 0 bridgehead atoms. The smallest absolute Gasteiger partial charge is 0.0609 e. The van der Waals surface area contributed by atoms with Crippen molar-refractivity contribution < 1.29 is 5.11 Å². The average Bonchev–Trinajstić information content (AvgIpc) is 2.62. The molecule has 48 valence electrons. The summed E-state index contributed by atoms with van der Waals surface area (Å²) in [5, 5.41) is 9.34. The van der Waals surface area contributed by atoms with Crippen LogP contribution in [0.3, 0.4) is 0 Å². The molecule has 4 fully saturated rings. The largest absolute Gasteiger partial charge is 0.393 e. The molecular weight excluding hydrogens is 112 g/mol. The van der Waals surface area contributed by atoms with Gasteiger partial charge in [-0.25, -0.2) is 0 Å². The monoisotopic (exact) mass is 122 g/mol. The molecule has 1 spiro atoms. The lowest BCUT2D eigenvalue weighted by Gasteiger charge is -1.88. The topological polar surface area (TPSA) is 20.2 Å². The van der Waals surface area contributed by atoms with Gasteiger partial charge in [-0.3, -0.25) is 0 Å². The highest BCUT2D eigenvalue weighted by atomic mass is 16.3. The van der Waals surface area contributed by atoms with E-state index in [-0.39, 0.29) is 6.10 Å². The summed E-state index contributed by atoms with van der Waals surface area (Å²) in [6, 6.07) is 0. The van der Waals surface area contributed by atoms with E-state index in [9.17, 15) is 5.11 Å². The Morgan fingerprint density at radius 3 is 2.11 bits per heavy atom. The zero-order chi connectivity index (χ0) is 5.80. The van der Waals surface area contributed by atoms with Crippen LogP contribution in [0, 0.1) is 29.1 Å². The van der Waals surface area contributed by atoms with Gasteiger partial charge in [-0.15, -0.1) is 0 Å². The molecule has 4 unspecified atom stereocenters. The number of rotatable bonds is 0. The molecule has 0 aromatic heterocycles. The second kappa shape index (κ2) is 0.731. The van der Waals surface area contributed by atoms with E-state index in [0.717, 1.165) is 29.1 Å². The van der Waals surface area contributed by atoms with E-state index >= 15 is 0 Å². The van der Waals surface area contributed by atoms with E-state index in [0.29, 0.717) is 0 Å². The SMILES string of the molecule is OC1C2C1C1CC13CC23. The Bertz CT molecular complexity index is 185. The van der Waals surface area contributed by atoms with Crippen LogP contribution in [0.4, 0.5) is 0 Å². The van der Waals surface area contributed by atoms with Gasteiger partial charge in [0.2, 0.25) is 0 Å².